The number of hydrogen-bond donors (Lipinski definition) is 0. The van der Waals surface area contributed by atoms with Gasteiger partial charge in [0.25, 0.3) is 0 Å². The zero-order valence-corrected chi connectivity index (χ0v) is 14.9. The zero-order valence-electron chi connectivity index (χ0n) is 14.9. The molecule has 0 saturated heterocycles. The molecule has 0 saturated carbocycles. The average Bonchev–Trinajstić information content (AvgIpc) is 2.76. The maximum absolute atomic E-state index is 6.14. The van der Waals surface area contributed by atoms with E-state index >= 15 is 0 Å². The maximum atomic E-state index is 6.14. The van der Waals surface area contributed by atoms with Crippen molar-refractivity contribution in [2.24, 2.45) is 0 Å². The van der Waals surface area contributed by atoms with Crippen molar-refractivity contribution in [3.05, 3.63) is 60.7 Å². The summed E-state index contributed by atoms with van der Waals surface area (Å²) >= 11 is 0. The number of ether oxygens (including phenoxy) is 2. The lowest BCUT2D eigenvalue weighted by Crippen LogP contribution is -2.03. The minimum atomic E-state index is 0.617. The van der Waals surface area contributed by atoms with Crippen LogP contribution in [0.2, 0.25) is 0 Å². The Morgan fingerprint density at radius 1 is 0.593 bits per heavy atom. The van der Waals surface area contributed by atoms with Gasteiger partial charge in [-0.25, -0.2) is 0 Å². The van der Waals surface area contributed by atoms with Crippen LogP contribution in [0.25, 0.3) is 32.7 Å². The Balaban J connectivity index is 1.94. The van der Waals surface area contributed by atoms with E-state index in [0.29, 0.717) is 13.2 Å². The third-order valence-electron chi connectivity index (χ3n) is 5.07. The Morgan fingerprint density at radius 2 is 1.07 bits per heavy atom. The molecule has 4 radical (unpaired) electrons. The van der Waals surface area contributed by atoms with Crippen LogP contribution >= 0.6 is 0 Å². The van der Waals surface area contributed by atoms with Crippen LogP contribution in [0.15, 0.2) is 60.7 Å². The van der Waals surface area contributed by atoms with Crippen LogP contribution in [0.5, 0.6) is 11.5 Å². The average molecular weight is 346 g/mol. The van der Waals surface area contributed by atoms with Gasteiger partial charge in [0.1, 0.15) is 27.2 Å². The first kappa shape index (κ1) is 16.3. The number of hydrogen-bond acceptors (Lipinski definition) is 2. The lowest BCUT2D eigenvalue weighted by atomic mass is 9.87. The Bertz CT molecular complexity index is 1090. The van der Waals surface area contributed by atoms with Crippen LogP contribution in [0.1, 0.15) is 6.42 Å². The Kier molecular flexibility index (Phi) is 3.86. The molecule has 126 valence electrons. The molecule has 0 amide bonds. The minimum Gasteiger partial charge on any atom is -0.493 e. The molecule has 2 nitrogen and oxygen atoms in total. The van der Waals surface area contributed by atoms with Crippen molar-refractivity contribution < 1.29 is 9.47 Å². The van der Waals surface area contributed by atoms with Gasteiger partial charge in [-0.15, -0.1) is 0 Å². The largest absolute Gasteiger partial charge is 0.493 e. The van der Waals surface area contributed by atoms with Gasteiger partial charge < -0.3 is 9.47 Å². The molecule has 0 atom stereocenters. The summed E-state index contributed by atoms with van der Waals surface area (Å²) in [5.41, 5.74) is 3.57. The summed E-state index contributed by atoms with van der Waals surface area (Å²) in [6.07, 6.45) is 0.832. The van der Waals surface area contributed by atoms with Crippen LogP contribution < -0.4 is 20.4 Å². The fourth-order valence-corrected chi connectivity index (χ4v) is 3.84. The number of fused-ring (bicyclic) bond motifs is 7. The Hall–Kier alpha value is -2.87. The predicted octanol–water partition coefficient (Wildman–Crippen LogP) is 3.41. The minimum absolute atomic E-state index is 0.617. The van der Waals surface area contributed by atoms with Gasteiger partial charge >= 0.3 is 0 Å². The second kappa shape index (κ2) is 6.38. The van der Waals surface area contributed by atoms with Crippen molar-refractivity contribution >= 4 is 48.2 Å². The molecule has 4 heteroatoms. The van der Waals surface area contributed by atoms with E-state index in [1.54, 1.807) is 0 Å². The molecule has 5 rings (SSSR count). The van der Waals surface area contributed by atoms with E-state index < -0.39 is 0 Å². The van der Waals surface area contributed by atoms with Crippen LogP contribution in [-0.2, 0) is 0 Å². The molecule has 0 fully saturated rings. The summed E-state index contributed by atoms with van der Waals surface area (Å²) in [4.78, 5) is 0. The molecule has 0 aromatic heterocycles. The molecule has 0 spiro atoms. The molecule has 0 bridgehead atoms. The fourth-order valence-electron chi connectivity index (χ4n) is 3.84. The molecular formula is C23H16B2O2. The molecule has 1 aliphatic heterocycles. The van der Waals surface area contributed by atoms with E-state index in [1.807, 2.05) is 36.4 Å². The van der Waals surface area contributed by atoms with Gasteiger partial charge in [-0.2, -0.15) is 0 Å². The smallest absolute Gasteiger partial charge is 0.127 e. The maximum Gasteiger partial charge on any atom is 0.127 e. The molecule has 0 aliphatic carbocycles. The molecule has 4 aromatic carbocycles. The van der Waals surface area contributed by atoms with E-state index in [4.69, 9.17) is 25.2 Å². The summed E-state index contributed by atoms with van der Waals surface area (Å²) in [6, 6.07) is 20.1. The normalized spacial score (nSPS) is 13.6. The number of rotatable bonds is 0. The van der Waals surface area contributed by atoms with Gasteiger partial charge in [0.2, 0.25) is 0 Å². The summed E-state index contributed by atoms with van der Waals surface area (Å²) in [6.45, 7) is 1.23. The van der Waals surface area contributed by atoms with E-state index in [9.17, 15) is 0 Å². The molecular weight excluding hydrogens is 330 g/mol. The van der Waals surface area contributed by atoms with Gasteiger partial charge in [-0.1, -0.05) is 59.5 Å². The van der Waals surface area contributed by atoms with Crippen molar-refractivity contribution in [3.8, 4) is 22.6 Å². The topological polar surface area (TPSA) is 18.5 Å². The van der Waals surface area contributed by atoms with Gasteiger partial charge in [0.15, 0.2) is 0 Å². The van der Waals surface area contributed by atoms with Crippen LogP contribution in [0.4, 0.5) is 0 Å². The fraction of sp³-hybridized carbons (Fsp3) is 0.130. The highest BCUT2D eigenvalue weighted by Gasteiger charge is 2.20. The quantitative estimate of drug-likeness (QED) is 0.455. The van der Waals surface area contributed by atoms with E-state index in [-0.39, 0.29) is 0 Å². The number of benzene rings is 4. The summed E-state index contributed by atoms with van der Waals surface area (Å²) in [5, 5.41) is 4.35. The first-order valence-electron chi connectivity index (χ1n) is 9.11. The Morgan fingerprint density at radius 3 is 1.56 bits per heavy atom. The van der Waals surface area contributed by atoms with Gasteiger partial charge in [-0.3, -0.25) is 0 Å². The van der Waals surface area contributed by atoms with Crippen LogP contribution in [0.3, 0.4) is 0 Å². The second-order valence-electron chi connectivity index (χ2n) is 6.89. The highest BCUT2D eigenvalue weighted by Crippen LogP contribution is 2.45. The van der Waals surface area contributed by atoms with E-state index in [0.717, 1.165) is 61.5 Å². The van der Waals surface area contributed by atoms with Crippen molar-refractivity contribution in [1.82, 2.24) is 0 Å². The molecule has 0 N–H and O–H groups in total. The first-order chi connectivity index (χ1) is 13.2. The van der Waals surface area contributed by atoms with E-state index in [2.05, 4.69) is 24.3 Å². The monoisotopic (exact) mass is 346 g/mol. The summed E-state index contributed by atoms with van der Waals surface area (Å²) < 4.78 is 12.3. The Labute approximate surface area is 160 Å². The van der Waals surface area contributed by atoms with Crippen LogP contribution in [-0.4, -0.2) is 28.9 Å². The lowest BCUT2D eigenvalue weighted by Gasteiger charge is -2.18. The van der Waals surface area contributed by atoms with Crippen molar-refractivity contribution in [3.63, 3.8) is 0 Å². The van der Waals surface area contributed by atoms with Crippen LogP contribution in [0, 0.1) is 0 Å². The summed E-state index contributed by atoms with van der Waals surface area (Å²) in [7, 11) is 12.0. The van der Waals surface area contributed by atoms with Crippen molar-refractivity contribution in [2.75, 3.05) is 13.2 Å². The lowest BCUT2D eigenvalue weighted by molar-refractivity contribution is 0.252. The predicted molar refractivity (Wildman–Crippen MR) is 113 cm³/mol. The van der Waals surface area contributed by atoms with Crippen molar-refractivity contribution in [2.45, 2.75) is 6.42 Å². The van der Waals surface area contributed by atoms with Gasteiger partial charge in [0.05, 0.1) is 13.2 Å². The SMILES string of the molecule is [B]c1ccc2c3c(ccc2c1)OCCCOc1ccc2cc([B])ccc2c1-3. The summed E-state index contributed by atoms with van der Waals surface area (Å²) in [5.74, 6) is 1.73. The third kappa shape index (κ3) is 2.76. The highest BCUT2D eigenvalue weighted by atomic mass is 16.5. The van der Waals surface area contributed by atoms with Gasteiger partial charge in [0, 0.05) is 17.5 Å². The first-order valence-corrected chi connectivity index (χ1v) is 9.11. The van der Waals surface area contributed by atoms with Gasteiger partial charge in [-0.05, 0) is 33.7 Å². The standard InChI is InChI=1S/C23H16B2O2/c24-16-4-6-18-14(12-16)2-8-20-22(18)23-19-7-5-17(25)13-15(19)3-9-21(23)27-11-1-10-26-20/h2-9,12-13H,1,10-11H2. The second-order valence-corrected chi connectivity index (χ2v) is 6.89. The highest BCUT2D eigenvalue weighted by molar-refractivity contribution is 6.34. The zero-order chi connectivity index (χ0) is 18.4. The molecule has 0 unspecified atom stereocenters. The molecule has 27 heavy (non-hydrogen) atoms. The molecule has 4 aromatic rings. The molecule has 1 heterocycles. The van der Waals surface area contributed by atoms with Crippen molar-refractivity contribution in [1.29, 1.82) is 0 Å². The third-order valence-corrected chi connectivity index (χ3v) is 5.07. The molecule has 1 aliphatic rings. The van der Waals surface area contributed by atoms with E-state index in [1.165, 1.54) is 0 Å².